The molecule has 0 bridgehead atoms. The number of hydrogen-bond acceptors (Lipinski definition) is 4. The number of para-hydroxylation sites is 1. The van der Waals surface area contributed by atoms with E-state index in [0.717, 1.165) is 17.5 Å². The zero-order valence-corrected chi connectivity index (χ0v) is 21.1. The monoisotopic (exact) mass is 457 g/mol. The van der Waals surface area contributed by atoms with Gasteiger partial charge in [-0.3, -0.25) is 0 Å². The van der Waals surface area contributed by atoms with Crippen LogP contribution in [0.25, 0.3) is 0 Å². The third-order valence-electron chi connectivity index (χ3n) is 6.79. The van der Waals surface area contributed by atoms with Gasteiger partial charge in [0.15, 0.2) is 0 Å². The number of nitrogen functional groups attached to an aromatic ring is 1. The number of azo groups is 1. The number of aromatic hydroxyl groups is 1. The van der Waals surface area contributed by atoms with E-state index in [4.69, 9.17) is 5.73 Å². The molecule has 0 aliphatic heterocycles. The maximum Gasteiger partial charge on any atom is 0.147 e. The lowest BCUT2D eigenvalue weighted by Crippen LogP contribution is -2.19. The third kappa shape index (κ3) is 6.25. The van der Waals surface area contributed by atoms with Gasteiger partial charge in [-0.05, 0) is 41.7 Å². The molecule has 4 heteroatoms. The van der Waals surface area contributed by atoms with Crippen LogP contribution in [0, 0.1) is 0 Å². The zero-order valence-electron chi connectivity index (χ0n) is 21.1. The first kappa shape index (κ1) is 25.5. The Morgan fingerprint density at radius 2 is 1.50 bits per heavy atom. The Morgan fingerprint density at radius 3 is 2.21 bits per heavy atom. The van der Waals surface area contributed by atoms with Crippen molar-refractivity contribution in [3.05, 3.63) is 83.4 Å². The smallest absolute Gasteiger partial charge is 0.147 e. The second-order valence-corrected chi connectivity index (χ2v) is 9.79. The summed E-state index contributed by atoms with van der Waals surface area (Å²) >= 11 is 0. The van der Waals surface area contributed by atoms with Crippen molar-refractivity contribution >= 4 is 17.1 Å². The van der Waals surface area contributed by atoms with Crippen LogP contribution in [0.4, 0.5) is 17.1 Å². The van der Waals surface area contributed by atoms with Crippen LogP contribution < -0.4 is 5.73 Å². The fourth-order valence-electron chi connectivity index (χ4n) is 4.40. The minimum atomic E-state index is -0.391. The molecule has 0 aromatic heterocycles. The molecule has 0 amide bonds. The van der Waals surface area contributed by atoms with Gasteiger partial charge >= 0.3 is 0 Å². The van der Waals surface area contributed by atoms with Gasteiger partial charge in [-0.25, -0.2) is 0 Å². The van der Waals surface area contributed by atoms with Crippen LogP contribution in [0.1, 0.15) is 88.8 Å². The summed E-state index contributed by atoms with van der Waals surface area (Å²) in [7, 11) is 0. The standard InChI is InChI=1S/C30H39N3O/c1-5-6-7-8-10-15-22(2)23-20-25(30(3,4)24-16-11-9-12-17-24)29(34)28(21-23)33-32-27-19-14-13-18-26(27)31/h9,11-14,16-22,34H,5-8,10,15,31H2,1-4H3. The van der Waals surface area contributed by atoms with Crippen molar-refractivity contribution in [2.45, 2.75) is 77.6 Å². The molecule has 3 N–H and O–H groups in total. The second-order valence-electron chi connectivity index (χ2n) is 9.79. The number of anilines is 1. The SMILES string of the molecule is CCCCCCCC(C)c1cc(N=Nc2ccccc2N)c(O)c(C(C)(C)c2ccccc2)c1. The van der Waals surface area contributed by atoms with Crippen molar-refractivity contribution in [3.63, 3.8) is 0 Å². The van der Waals surface area contributed by atoms with E-state index in [1.165, 1.54) is 37.7 Å². The number of nitrogens with zero attached hydrogens (tertiary/aromatic N) is 2. The van der Waals surface area contributed by atoms with Gasteiger partial charge < -0.3 is 10.8 Å². The van der Waals surface area contributed by atoms with E-state index in [9.17, 15) is 5.11 Å². The molecule has 0 spiro atoms. The van der Waals surface area contributed by atoms with Crippen molar-refractivity contribution in [2.24, 2.45) is 10.2 Å². The molecule has 0 radical (unpaired) electrons. The summed E-state index contributed by atoms with van der Waals surface area (Å²) in [5.74, 6) is 0.536. The quantitative estimate of drug-likeness (QED) is 0.171. The summed E-state index contributed by atoms with van der Waals surface area (Å²) in [5, 5.41) is 20.2. The summed E-state index contributed by atoms with van der Waals surface area (Å²) in [6.45, 7) is 8.80. The first-order valence-corrected chi connectivity index (χ1v) is 12.5. The van der Waals surface area contributed by atoms with Gasteiger partial charge in [0.25, 0.3) is 0 Å². The number of phenolic OH excluding ortho intramolecular Hbond substituents is 1. The van der Waals surface area contributed by atoms with Gasteiger partial charge in [-0.2, -0.15) is 0 Å². The number of phenols is 1. The highest BCUT2D eigenvalue weighted by Crippen LogP contribution is 2.44. The Morgan fingerprint density at radius 1 is 0.853 bits per heavy atom. The lowest BCUT2D eigenvalue weighted by molar-refractivity contribution is 0.453. The van der Waals surface area contributed by atoms with Crippen LogP contribution in [-0.4, -0.2) is 5.11 Å². The van der Waals surface area contributed by atoms with Crippen LogP contribution in [0.2, 0.25) is 0 Å². The van der Waals surface area contributed by atoms with E-state index in [0.29, 0.717) is 23.0 Å². The molecule has 0 fully saturated rings. The summed E-state index contributed by atoms with van der Waals surface area (Å²) in [6, 6.07) is 21.8. The maximum absolute atomic E-state index is 11.3. The first-order chi connectivity index (χ1) is 16.3. The average Bonchev–Trinajstić information content (AvgIpc) is 2.84. The lowest BCUT2D eigenvalue weighted by Gasteiger charge is -2.28. The Hall–Kier alpha value is -3.14. The van der Waals surface area contributed by atoms with Crippen LogP contribution in [-0.2, 0) is 5.41 Å². The Bertz CT molecular complexity index is 1090. The fraction of sp³-hybridized carbons (Fsp3) is 0.400. The highest BCUT2D eigenvalue weighted by molar-refractivity contribution is 5.64. The van der Waals surface area contributed by atoms with Crippen LogP contribution in [0.15, 0.2) is 77.0 Å². The summed E-state index contributed by atoms with van der Waals surface area (Å²) in [5.41, 5.74) is 10.5. The van der Waals surface area contributed by atoms with Gasteiger partial charge in [0.05, 0.1) is 5.69 Å². The van der Waals surface area contributed by atoms with Gasteiger partial charge in [0.2, 0.25) is 0 Å². The maximum atomic E-state index is 11.3. The number of benzene rings is 3. The van der Waals surface area contributed by atoms with Gasteiger partial charge in [-0.1, -0.05) is 108 Å². The summed E-state index contributed by atoms with van der Waals surface area (Å²) < 4.78 is 0. The predicted octanol–water partition coefficient (Wildman–Crippen LogP) is 9.18. The normalized spacial score (nSPS) is 12.8. The van der Waals surface area contributed by atoms with Crippen molar-refractivity contribution < 1.29 is 5.11 Å². The van der Waals surface area contributed by atoms with Gasteiger partial charge in [0, 0.05) is 11.0 Å². The highest BCUT2D eigenvalue weighted by Gasteiger charge is 2.29. The molecule has 1 unspecified atom stereocenters. The Kier molecular flexibility index (Phi) is 8.86. The van der Waals surface area contributed by atoms with Crippen LogP contribution in [0.3, 0.4) is 0 Å². The molecule has 3 aromatic carbocycles. The molecule has 3 aromatic rings. The molecular weight excluding hydrogens is 418 g/mol. The molecule has 4 nitrogen and oxygen atoms in total. The summed E-state index contributed by atoms with van der Waals surface area (Å²) in [4.78, 5) is 0. The van der Waals surface area contributed by atoms with E-state index >= 15 is 0 Å². The topological polar surface area (TPSA) is 71.0 Å². The third-order valence-corrected chi connectivity index (χ3v) is 6.79. The summed E-state index contributed by atoms with van der Waals surface area (Å²) in [6.07, 6.45) is 7.43. The van der Waals surface area contributed by atoms with Crippen molar-refractivity contribution in [1.82, 2.24) is 0 Å². The minimum absolute atomic E-state index is 0.172. The molecule has 1 atom stereocenters. The number of unbranched alkanes of at least 4 members (excludes halogenated alkanes) is 4. The lowest BCUT2D eigenvalue weighted by atomic mass is 9.76. The van der Waals surface area contributed by atoms with Crippen molar-refractivity contribution in [3.8, 4) is 5.75 Å². The van der Waals surface area contributed by atoms with Gasteiger partial charge in [0.1, 0.15) is 17.1 Å². The molecule has 180 valence electrons. The van der Waals surface area contributed by atoms with E-state index < -0.39 is 5.41 Å². The Labute approximate surface area is 205 Å². The molecule has 0 aliphatic carbocycles. The fourth-order valence-corrected chi connectivity index (χ4v) is 4.40. The van der Waals surface area contributed by atoms with Crippen LogP contribution >= 0.6 is 0 Å². The van der Waals surface area contributed by atoms with E-state index in [1.807, 2.05) is 42.5 Å². The molecule has 34 heavy (non-hydrogen) atoms. The highest BCUT2D eigenvalue weighted by atomic mass is 16.3. The number of hydrogen-bond donors (Lipinski definition) is 2. The molecule has 0 saturated heterocycles. The van der Waals surface area contributed by atoms with Crippen molar-refractivity contribution in [1.29, 1.82) is 0 Å². The molecule has 3 rings (SSSR count). The second kappa shape index (κ2) is 11.8. The zero-order chi connectivity index (χ0) is 24.6. The van der Waals surface area contributed by atoms with E-state index in [1.54, 1.807) is 6.07 Å². The van der Waals surface area contributed by atoms with Gasteiger partial charge in [-0.15, -0.1) is 10.2 Å². The Balaban J connectivity index is 1.99. The molecular formula is C30H39N3O. The molecule has 0 saturated carbocycles. The molecule has 0 heterocycles. The number of nitrogens with two attached hydrogens (primary N) is 1. The average molecular weight is 458 g/mol. The van der Waals surface area contributed by atoms with E-state index in [2.05, 4.69) is 56.1 Å². The minimum Gasteiger partial charge on any atom is -0.505 e. The van der Waals surface area contributed by atoms with Crippen LogP contribution in [0.5, 0.6) is 5.75 Å². The predicted molar refractivity (Wildman–Crippen MR) is 143 cm³/mol. The first-order valence-electron chi connectivity index (χ1n) is 12.5. The van der Waals surface area contributed by atoms with E-state index in [-0.39, 0.29) is 5.75 Å². The molecule has 0 aliphatic rings. The number of rotatable bonds is 11. The largest absolute Gasteiger partial charge is 0.505 e. The van der Waals surface area contributed by atoms with Crippen molar-refractivity contribution in [2.75, 3.05) is 5.73 Å².